The highest BCUT2D eigenvalue weighted by molar-refractivity contribution is 6.30. The zero-order chi connectivity index (χ0) is 24.2. The topological polar surface area (TPSA) is 79.9 Å². The van der Waals surface area contributed by atoms with Crippen LogP contribution in [0.2, 0.25) is 5.02 Å². The maximum atomic E-state index is 12.8. The van der Waals surface area contributed by atoms with Crippen molar-refractivity contribution < 1.29 is 19.1 Å². The fourth-order valence-corrected chi connectivity index (χ4v) is 4.56. The Balaban J connectivity index is 1.20. The molecule has 180 valence electrons. The highest BCUT2D eigenvalue weighted by Crippen LogP contribution is 2.32. The third kappa shape index (κ3) is 5.52. The van der Waals surface area contributed by atoms with E-state index in [1.807, 2.05) is 47.4 Å². The number of piperidine rings is 1. The molecule has 1 atom stereocenters. The molecule has 0 radical (unpaired) electrons. The van der Waals surface area contributed by atoms with Crippen molar-refractivity contribution >= 4 is 29.2 Å². The average Bonchev–Trinajstić information content (AvgIpc) is 3.37. The second kappa shape index (κ2) is 10.3. The van der Waals surface area contributed by atoms with Crippen LogP contribution in [0.15, 0.2) is 66.7 Å². The number of carbonyl (C=O) groups is 2. The van der Waals surface area contributed by atoms with Gasteiger partial charge in [0, 0.05) is 41.8 Å². The zero-order valence-corrected chi connectivity index (χ0v) is 19.9. The molecule has 0 aliphatic carbocycles. The molecule has 2 aliphatic heterocycles. The van der Waals surface area contributed by atoms with Gasteiger partial charge in [0.15, 0.2) is 11.5 Å². The van der Waals surface area contributed by atoms with Crippen molar-refractivity contribution in [2.45, 2.75) is 25.3 Å². The van der Waals surface area contributed by atoms with Gasteiger partial charge in [-0.2, -0.15) is 0 Å². The molecule has 1 saturated heterocycles. The predicted molar refractivity (Wildman–Crippen MR) is 134 cm³/mol. The number of hydrogen-bond acceptors (Lipinski definition) is 4. The Hall–Kier alpha value is -3.71. The third-order valence-corrected chi connectivity index (χ3v) is 6.57. The standard InChI is InChI=1S/C27H26ClN3O4/c28-22-7-9-23(10-8-22)30-27(33)31-12-2-5-21(16-31)19-3-1-4-20(14-19)26(32)29-15-18-6-11-24-25(13-18)35-17-34-24/h1,3-4,6-11,13-14,21H,2,5,12,15-17H2,(H,29,32)(H,30,33)/t21-/m1/s1. The lowest BCUT2D eigenvalue weighted by atomic mass is 9.89. The predicted octanol–water partition coefficient (Wildman–Crippen LogP) is 5.41. The highest BCUT2D eigenvalue weighted by Gasteiger charge is 2.25. The monoisotopic (exact) mass is 491 g/mol. The van der Waals surface area contributed by atoms with Crippen molar-refractivity contribution in [2.24, 2.45) is 0 Å². The van der Waals surface area contributed by atoms with E-state index in [1.54, 1.807) is 24.3 Å². The van der Waals surface area contributed by atoms with Crippen molar-refractivity contribution in [3.05, 3.63) is 88.4 Å². The van der Waals surface area contributed by atoms with Gasteiger partial charge in [0.1, 0.15) is 0 Å². The molecule has 0 aromatic heterocycles. The van der Waals surface area contributed by atoms with Crippen LogP contribution in [0.5, 0.6) is 11.5 Å². The van der Waals surface area contributed by atoms with Crippen LogP contribution in [0.25, 0.3) is 0 Å². The van der Waals surface area contributed by atoms with Crippen molar-refractivity contribution in [1.29, 1.82) is 0 Å². The van der Waals surface area contributed by atoms with Gasteiger partial charge in [-0.25, -0.2) is 4.79 Å². The Bertz CT molecular complexity index is 1230. The molecule has 1 fully saturated rings. The number of urea groups is 1. The molecule has 0 saturated carbocycles. The second-order valence-corrected chi connectivity index (χ2v) is 9.15. The number of halogens is 1. The quantitative estimate of drug-likeness (QED) is 0.500. The Morgan fingerprint density at radius 1 is 1.00 bits per heavy atom. The normalized spacial score (nSPS) is 16.6. The van der Waals surface area contributed by atoms with E-state index >= 15 is 0 Å². The fourth-order valence-electron chi connectivity index (χ4n) is 4.44. The van der Waals surface area contributed by atoms with Crippen LogP contribution < -0.4 is 20.1 Å². The molecule has 35 heavy (non-hydrogen) atoms. The maximum absolute atomic E-state index is 12.8. The third-order valence-electron chi connectivity index (χ3n) is 6.31. The van der Waals surface area contributed by atoms with E-state index in [9.17, 15) is 9.59 Å². The minimum atomic E-state index is -0.141. The molecule has 5 rings (SSSR count). The van der Waals surface area contributed by atoms with Gasteiger partial charge in [0.25, 0.3) is 5.91 Å². The lowest BCUT2D eigenvalue weighted by Crippen LogP contribution is -2.41. The summed E-state index contributed by atoms with van der Waals surface area (Å²) in [5.74, 6) is 1.44. The number of nitrogens with one attached hydrogen (secondary N) is 2. The van der Waals surface area contributed by atoms with E-state index in [0.717, 1.165) is 29.7 Å². The van der Waals surface area contributed by atoms with Crippen LogP contribution in [0.4, 0.5) is 10.5 Å². The van der Waals surface area contributed by atoms with Crippen molar-refractivity contribution in [1.82, 2.24) is 10.2 Å². The van der Waals surface area contributed by atoms with E-state index in [1.165, 1.54) is 0 Å². The van der Waals surface area contributed by atoms with Gasteiger partial charge in [-0.15, -0.1) is 0 Å². The smallest absolute Gasteiger partial charge is 0.321 e. The van der Waals surface area contributed by atoms with Gasteiger partial charge in [-0.3, -0.25) is 4.79 Å². The Morgan fingerprint density at radius 2 is 1.83 bits per heavy atom. The van der Waals surface area contributed by atoms with E-state index in [-0.39, 0.29) is 24.6 Å². The van der Waals surface area contributed by atoms with Crippen LogP contribution in [-0.2, 0) is 6.54 Å². The molecule has 2 heterocycles. The number of benzene rings is 3. The Morgan fingerprint density at radius 3 is 2.69 bits per heavy atom. The first-order chi connectivity index (χ1) is 17.0. The number of anilines is 1. The summed E-state index contributed by atoms with van der Waals surface area (Å²) in [7, 11) is 0. The molecule has 0 bridgehead atoms. The minimum absolute atomic E-state index is 0.130. The van der Waals surface area contributed by atoms with Crippen LogP contribution in [0.1, 0.15) is 40.2 Å². The van der Waals surface area contributed by atoms with Crippen molar-refractivity contribution in [3.8, 4) is 11.5 Å². The van der Waals surface area contributed by atoms with E-state index in [4.69, 9.17) is 21.1 Å². The Kier molecular flexibility index (Phi) is 6.77. The molecular formula is C27H26ClN3O4. The number of hydrogen-bond donors (Lipinski definition) is 2. The molecule has 0 spiro atoms. The SMILES string of the molecule is O=C(NCc1ccc2c(c1)OCO2)c1cccc([C@@H]2CCCN(C(=O)Nc3ccc(Cl)cc3)C2)c1. The fraction of sp³-hybridized carbons (Fsp3) is 0.259. The summed E-state index contributed by atoms with van der Waals surface area (Å²) >= 11 is 5.93. The largest absolute Gasteiger partial charge is 0.454 e. The minimum Gasteiger partial charge on any atom is -0.454 e. The van der Waals surface area contributed by atoms with Crippen LogP contribution in [-0.4, -0.2) is 36.7 Å². The first-order valence-corrected chi connectivity index (χ1v) is 12.0. The Labute approximate surface area is 209 Å². The molecule has 2 N–H and O–H groups in total. The molecule has 3 aromatic carbocycles. The molecule has 3 aromatic rings. The first kappa shape index (κ1) is 23.1. The summed E-state index contributed by atoms with van der Waals surface area (Å²) in [6.07, 6.45) is 1.87. The molecule has 2 aliphatic rings. The summed E-state index contributed by atoms with van der Waals surface area (Å²) in [6.45, 7) is 1.91. The number of fused-ring (bicyclic) bond motifs is 1. The first-order valence-electron chi connectivity index (χ1n) is 11.6. The second-order valence-electron chi connectivity index (χ2n) is 8.72. The number of carbonyl (C=O) groups excluding carboxylic acids is 2. The van der Waals surface area contributed by atoms with Crippen LogP contribution >= 0.6 is 11.6 Å². The number of ether oxygens (including phenoxy) is 2. The van der Waals surface area contributed by atoms with Gasteiger partial charge in [0.05, 0.1) is 0 Å². The average molecular weight is 492 g/mol. The number of rotatable bonds is 5. The summed E-state index contributed by atoms with van der Waals surface area (Å²) in [5.41, 5.74) is 3.31. The summed E-state index contributed by atoms with van der Waals surface area (Å²) in [6, 6.07) is 20.3. The van der Waals surface area contributed by atoms with Crippen molar-refractivity contribution in [2.75, 3.05) is 25.2 Å². The van der Waals surface area contributed by atoms with Crippen LogP contribution in [0.3, 0.4) is 0 Å². The maximum Gasteiger partial charge on any atom is 0.321 e. The van der Waals surface area contributed by atoms with Crippen LogP contribution in [0, 0.1) is 0 Å². The lowest BCUT2D eigenvalue weighted by Gasteiger charge is -2.33. The summed E-state index contributed by atoms with van der Waals surface area (Å²) in [4.78, 5) is 27.5. The van der Waals surface area contributed by atoms with Gasteiger partial charge in [-0.1, -0.05) is 29.8 Å². The van der Waals surface area contributed by atoms with Gasteiger partial charge >= 0.3 is 6.03 Å². The van der Waals surface area contributed by atoms with Gasteiger partial charge in [0.2, 0.25) is 6.79 Å². The molecule has 7 nitrogen and oxygen atoms in total. The number of likely N-dealkylation sites (tertiary alicyclic amines) is 1. The number of nitrogens with zero attached hydrogens (tertiary/aromatic N) is 1. The van der Waals surface area contributed by atoms with Gasteiger partial charge in [-0.05, 0) is 72.5 Å². The molecule has 0 unspecified atom stereocenters. The highest BCUT2D eigenvalue weighted by atomic mass is 35.5. The number of amides is 3. The molecular weight excluding hydrogens is 466 g/mol. The van der Waals surface area contributed by atoms with Gasteiger partial charge < -0.3 is 25.0 Å². The lowest BCUT2D eigenvalue weighted by molar-refractivity contribution is 0.0950. The van der Waals surface area contributed by atoms with E-state index in [0.29, 0.717) is 41.7 Å². The molecule has 3 amide bonds. The summed E-state index contributed by atoms with van der Waals surface area (Å²) in [5, 5.41) is 6.54. The summed E-state index contributed by atoms with van der Waals surface area (Å²) < 4.78 is 10.7. The zero-order valence-electron chi connectivity index (χ0n) is 19.1. The van der Waals surface area contributed by atoms with Crippen molar-refractivity contribution in [3.63, 3.8) is 0 Å². The van der Waals surface area contributed by atoms with E-state index < -0.39 is 0 Å². The van der Waals surface area contributed by atoms with E-state index in [2.05, 4.69) is 10.6 Å². The molecule has 8 heteroatoms.